The quantitative estimate of drug-likeness (QED) is 0.337. The van der Waals surface area contributed by atoms with E-state index >= 15 is 0 Å². The van der Waals surface area contributed by atoms with Gasteiger partial charge in [-0.3, -0.25) is 5.32 Å². The van der Waals surface area contributed by atoms with E-state index in [2.05, 4.69) is 16.0 Å². The summed E-state index contributed by atoms with van der Waals surface area (Å²) in [6.45, 7) is 5.92. The number of esters is 1. The molecule has 5 rings (SSSR count). The molecular formula is C29H31ClN4O5. The fraction of sp³-hybridized carbons (Fsp3) is 0.310. The standard InChI is InChI=1S/C29H31ClN4O5/c1-29(2,3)39-28(36)34-16-24(33-27-31-22-13-12-19(30)15-23(22)32-27)25(17-34)38-26(35)18-8-7-11-21(14-18)37-20-9-5-4-6-10-20/h4-15,24-25,27,31-33H,16-17H2,1-3H3/t24?,25-,27?/m0/s1. The summed E-state index contributed by atoms with van der Waals surface area (Å²) in [6.07, 6.45) is -1.45. The first-order valence-corrected chi connectivity index (χ1v) is 13.1. The first-order valence-electron chi connectivity index (χ1n) is 12.7. The summed E-state index contributed by atoms with van der Waals surface area (Å²) >= 11 is 6.13. The van der Waals surface area contributed by atoms with Gasteiger partial charge in [0.1, 0.15) is 23.2 Å². The van der Waals surface area contributed by atoms with Gasteiger partial charge < -0.3 is 29.7 Å². The Labute approximate surface area is 232 Å². The molecule has 0 spiro atoms. The second-order valence-electron chi connectivity index (χ2n) is 10.5. The summed E-state index contributed by atoms with van der Waals surface area (Å²) in [5.41, 5.74) is 1.44. The molecule has 9 nitrogen and oxygen atoms in total. The lowest BCUT2D eigenvalue weighted by molar-refractivity contribution is 0.0176. The highest BCUT2D eigenvalue weighted by Crippen LogP contribution is 2.31. The van der Waals surface area contributed by atoms with Gasteiger partial charge in [0.05, 0.1) is 29.5 Å². The van der Waals surface area contributed by atoms with Crippen LogP contribution in [-0.2, 0) is 9.47 Å². The van der Waals surface area contributed by atoms with Crippen molar-refractivity contribution in [1.82, 2.24) is 10.2 Å². The molecule has 10 heteroatoms. The number of rotatable bonds is 6. The third kappa shape index (κ3) is 6.74. The summed E-state index contributed by atoms with van der Waals surface area (Å²) in [6, 6.07) is 21.3. The number of amides is 1. The maximum absolute atomic E-state index is 13.2. The van der Waals surface area contributed by atoms with Crippen LogP contribution >= 0.6 is 11.6 Å². The lowest BCUT2D eigenvalue weighted by Crippen LogP contribution is -2.51. The van der Waals surface area contributed by atoms with E-state index in [1.54, 1.807) is 35.2 Å². The van der Waals surface area contributed by atoms with Gasteiger partial charge in [-0.05, 0) is 69.3 Å². The number of nitrogens with one attached hydrogen (secondary N) is 3. The number of benzene rings is 3. The van der Waals surface area contributed by atoms with E-state index in [4.69, 9.17) is 25.8 Å². The molecule has 0 radical (unpaired) electrons. The van der Waals surface area contributed by atoms with Gasteiger partial charge in [-0.2, -0.15) is 0 Å². The van der Waals surface area contributed by atoms with E-state index in [0.29, 0.717) is 28.6 Å². The Morgan fingerprint density at radius 1 is 0.923 bits per heavy atom. The van der Waals surface area contributed by atoms with Crippen LogP contribution in [0.5, 0.6) is 11.5 Å². The minimum absolute atomic E-state index is 0.185. The van der Waals surface area contributed by atoms with Crippen LogP contribution in [0.1, 0.15) is 31.1 Å². The SMILES string of the molecule is CC(C)(C)OC(=O)N1CC(NC2Nc3ccc(Cl)cc3N2)[C@@H](OC(=O)c2cccc(Oc3ccccc3)c2)C1. The number of carbonyl (C=O) groups is 2. The third-order valence-electron chi connectivity index (χ3n) is 6.19. The van der Waals surface area contributed by atoms with Crippen LogP contribution in [0.3, 0.4) is 0 Å². The molecule has 3 atom stereocenters. The van der Waals surface area contributed by atoms with Crippen molar-refractivity contribution in [2.45, 2.75) is 44.8 Å². The second-order valence-corrected chi connectivity index (χ2v) is 10.9. The molecule has 2 unspecified atom stereocenters. The zero-order chi connectivity index (χ0) is 27.6. The van der Waals surface area contributed by atoms with E-state index in [1.165, 1.54) is 0 Å². The van der Waals surface area contributed by atoms with E-state index in [9.17, 15) is 9.59 Å². The molecule has 3 aromatic rings. The van der Waals surface area contributed by atoms with E-state index in [0.717, 1.165) is 11.4 Å². The van der Waals surface area contributed by atoms with Gasteiger partial charge in [0.15, 0.2) is 6.29 Å². The minimum atomic E-state index is -0.649. The van der Waals surface area contributed by atoms with Crippen LogP contribution < -0.4 is 20.7 Å². The molecule has 39 heavy (non-hydrogen) atoms. The number of hydrogen-bond acceptors (Lipinski definition) is 8. The number of nitrogens with zero attached hydrogens (tertiary/aromatic N) is 1. The normalized spacial score (nSPS) is 20.0. The predicted molar refractivity (Wildman–Crippen MR) is 149 cm³/mol. The smallest absolute Gasteiger partial charge is 0.410 e. The molecule has 2 aliphatic rings. The van der Waals surface area contributed by atoms with Crippen LogP contribution in [0.25, 0.3) is 0 Å². The van der Waals surface area contributed by atoms with Crippen LogP contribution in [0, 0.1) is 0 Å². The predicted octanol–water partition coefficient (Wildman–Crippen LogP) is 5.69. The van der Waals surface area contributed by atoms with Crippen LogP contribution in [0.2, 0.25) is 5.02 Å². The van der Waals surface area contributed by atoms with E-state index < -0.39 is 23.8 Å². The Bertz CT molecular complexity index is 1350. The molecule has 3 aromatic carbocycles. The Hall–Kier alpha value is -3.95. The molecule has 0 saturated carbocycles. The van der Waals surface area contributed by atoms with Crippen molar-refractivity contribution in [3.05, 3.63) is 83.4 Å². The monoisotopic (exact) mass is 550 g/mol. The molecule has 0 bridgehead atoms. The summed E-state index contributed by atoms with van der Waals surface area (Å²) in [4.78, 5) is 27.6. The maximum Gasteiger partial charge on any atom is 0.410 e. The molecule has 1 fully saturated rings. The van der Waals surface area contributed by atoms with Gasteiger partial charge in [0.25, 0.3) is 0 Å². The average Bonchev–Trinajstić information content (AvgIpc) is 3.47. The summed E-state index contributed by atoms with van der Waals surface area (Å²) in [7, 11) is 0. The number of ether oxygens (including phenoxy) is 3. The number of likely N-dealkylation sites (tertiary alicyclic amines) is 1. The second kappa shape index (κ2) is 11.0. The Balaban J connectivity index is 1.29. The number of carbonyl (C=O) groups excluding carboxylic acids is 2. The number of anilines is 2. The van der Waals surface area contributed by atoms with Gasteiger partial charge >= 0.3 is 12.1 Å². The van der Waals surface area contributed by atoms with Crippen molar-refractivity contribution in [2.75, 3.05) is 23.7 Å². The molecule has 2 heterocycles. The van der Waals surface area contributed by atoms with Crippen LogP contribution in [0.4, 0.5) is 16.2 Å². The third-order valence-corrected chi connectivity index (χ3v) is 6.42. The maximum atomic E-state index is 13.2. The fourth-order valence-corrected chi connectivity index (χ4v) is 4.62. The van der Waals surface area contributed by atoms with Gasteiger partial charge in [-0.1, -0.05) is 35.9 Å². The molecule has 0 aliphatic carbocycles. The molecule has 3 N–H and O–H groups in total. The molecule has 1 saturated heterocycles. The minimum Gasteiger partial charge on any atom is -0.457 e. The first kappa shape index (κ1) is 26.6. The molecule has 1 amide bonds. The molecule has 0 aromatic heterocycles. The van der Waals surface area contributed by atoms with E-state index in [-0.39, 0.29) is 18.9 Å². The number of fused-ring (bicyclic) bond motifs is 1. The molecular weight excluding hydrogens is 520 g/mol. The zero-order valence-corrected chi connectivity index (χ0v) is 22.7. The average molecular weight is 551 g/mol. The van der Waals surface area contributed by atoms with Crippen molar-refractivity contribution in [2.24, 2.45) is 0 Å². The lowest BCUT2D eigenvalue weighted by atomic mass is 10.2. The fourth-order valence-electron chi connectivity index (χ4n) is 4.45. The van der Waals surface area contributed by atoms with E-state index in [1.807, 2.05) is 63.2 Å². The van der Waals surface area contributed by atoms with Gasteiger partial charge in [0, 0.05) is 11.6 Å². The number of hydrogen-bond donors (Lipinski definition) is 3. The summed E-state index contributed by atoms with van der Waals surface area (Å²) in [5.74, 6) is 0.664. The summed E-state index contributed by atoms with van der Waals surface area (Å²) < 4.78 is 17.4. The topological polar surface area (TPSA) is 101 Å². The highest BCUT2D eigenvalue weighted by atomic mass is 35.5. The van der Waals surface area contributed by atoms with Crippen molar-refractivity contribution in [3.63, 3.8) is 0 Å². The van der Waals surface area contributed by atoms with Gasteiger partial charge in [-0.25, -0.2) is 9.59 Å². The van der Waals surface area contributed by atoms with Gasteiger partial charge in [0.2, 0.25) is 0 Å². The molecule has 2 aliphatic heterocycles. The van der Waals surface area contributed by atoms with Crippen molar-refractivity contribution < 1.29 is 23.8 Å². The Morgan fingerprint density at radius 3 is 2.44 bits per heavy atom. The highest BCUT2D eigenvalue weighted by Gasteiger charge is 2.41. The number of para-hydroxylation sites is 1. The lowest BCUT2D eigenvalue weighted by Gasteiger charge is -2.25. The summed E-state index contributed by atoms with van der Waals surface area (Å²) in [5, 5.41) is 10.7. The largest absolute Gasteiger partial charge is 0.457 e. The Kier molecular flexibility index (Phi) is 7.54. The van der Waals surface area contributed by atoms with Crippen molar-refractivity contribution in [1.29, 1.82) is 0 Å². The van der Waals surface area contributed by atoms with Crippen molar-refractivity contribution >= 4 is 35.0 Å². The van der Waals surface area contributed by atoms with Crippen molar-refractivity contribution in [3.8, 4) is 11.5 Å². The number of halogens is 1. The van der Waals surface area contributed by atoms with Gasteiger partial charge in [-0.15, -0.1) is 0 Å². The molecule has 204 valence electrons. The van der Waals surface area contributed by atoms with Crippen LogP contribution in [0.15, 0.2) is 72.8 Å². The Morgan fingerprint density at radius 2 is 1.67 bits per heavy atom. The zero-order valence-electron chi connectivity index (χ0n) is 21.9. The highest BCUT2D eigenvalue weighted by molar-refractivity contribution is 6.31. The van der Waals surface area contributed by atoms with Crippen LogP contribution in [-0.4, -0.2) is 54.1 Å². The first-order chi connectivity index (χ1) is 18.6.